The van der Waals surface area contributed by atoms with Crippen molar-refractivity contribution in [2.45, 2.75) is 56.6 Å². The van der Waals surface area contributed by atoms with Crippen molar-refractivity contribution in [1.29, 1.82) is 0 Å². The molecule has 3 rings (SSSR count). The highest BCUT2D eigenvalue weighted by Gasteiger charge is 2.23. The number of hydrogen-bond acceptors (Lipinski definition) is 6. The van der Waals surface area contributed by atoms with Gasteiger partial charge in [0.1, 0.15) is 5.65 Å². The van der Waals surface area contributed by atoms with Gasteiger partial charge in [-0.2, -0.15) is 0 Å². The Labute approximate surface area is 151 Å². The second-order valence-corrected chi connectivity index (χ2v) is 7.09. The molecule has 0 aliphatic heterocycles. The zero-order valence-corrected chi connectivity index (χ0v) is 15.5. The molecule has 2 aromatic rings. The van der Waals surface area contributed by atoms with Crippen LogP contribution in [-0.2, 0) is 16.0 Å². The number of nitrogens with zero attached hydrogens (tertiary/aromatic N) is 3. The molecule has 0 unspecified atom stereocenters. The van der Waals surface area contributed by atoms with Crippen LogP contribution in [0.25, 0.3) is 11.0 Å². The molecule has 1 aliphatic carbocycles. The molecular formula is C18H23N3O3S. The number of carbonyl (C=O) groups excluding carboxylic acids is 1. The highest BCUT2D eigenvalue weighted by molar-refractivity contribution is 7.98. The van der Waals surface area contributed by atoms with Crippen LogP contribution in [0.1, 0.15) is 50.6 Å². The van der Waals surface area contributed by atoms with E-state index in [1.807, 2.05) is 13.2 Å². The van der Waals surface area contributed by atoms with E-state index in [9.17, 15) is 9.59 Å². The number of fused-ring (bicyclic) bond motifs is 1. The summed E-state index contributed by atoms with van der Waals surface area (Å²) in [6, 6.07) is 1.88. The summed E-state index contributed by atoms with van der Waals surface area (Å²) in [5.41, 5.74) is 1.00. The molecule has 0 atom stereocenters. The third-order valence-electron chi connectivity index (χ3n) is 4.50. The number of aromatic nitrogens is 3. The molecule has 0 amide bonds. The Bertz CT molecular complexity index is 828. The van der Waals surface area contributed by atoms with Gasteiger partial charge in [-0.1, -0.05) is 31.5 Å². The maximum Gasteiger partial charge on any atom is 0.310 e. The lowest BCUT2D eigenvalue weighted by Crippen LogP contribution is -2.29. The summed E-state index contributed by atoms with van der Waals surface area (Å²) in [6.07, 6.45) is 8.57. The minimum absolute atomic E-state index is 0.00816. The summed E-state index contributed by atoms with van der Waals surface area (Å²) in [5, 5.41) is 1.44. The van der Waals surface area contributed by atoms with E-state index in [2.05, 4.69) is 9.97 Å². The largest absolute Gasteiger partial charge is 0.465 e. The van der Waals surface area contributed by atoms with Crippen LogP contribution in [0.15, 0.2) is 22.2 Å². The molecule has 0 aromatic carbocycles. The number of thioether (sulfide) groups is 1. The summed E-state index contributed by atoms with van der Waals surface area (Å²) < 4.78 is 6.93. The lowest BCUT2D eigenvalue weighted by atomic mass is 10.1. The Morgan fingerprint density at radius 3 is 2.84 bits per heavy atom. The predicted octanol–water partition coefficient (Wildman–Crippen LogP) is 3.12. The molecule has 0 spiro atoms. The van der Waals surface area contributed by atoms with Gasteiger partial charge in [0.05, 0.1) is 13.0 Å². The van der Waals surface area contributed by atoms with Crippen LogP contribution in [0, 0.1) is 0 Å². The average Bonchev–Trinajstić information content (AvgIpc) is 3.14. The van der Waals surface area contributed by atoms with E-state index in [1.54, 1.807) is 16.8 Å². The van der Waals surface area contributed by atoms with Crippen LogP contribution in [0.2, 0.25) is 0 Å². The zero-order valence-electron chi connectivity index (χ0n) is 14.7. The van der Waals surface area contributed by atoms with Crippen LogP contribution in [-0.4, -0.2) is 33.4 Å². The van der Waals surface area contributed by atoms with Crippen molar-refractivity contribution in [2.24, 2.45) is 0 Å². The van der Waals surface area contributed by atoms with Crippen LogP contribution >= 0.6 is 11.8 Å². The van der Waals surface area contributed by atoms with Gasteiger partial charge in [0.15, 0.2) is 5.16 Å². The fourth-order valence-electron chi connectivity index (χ4n) is 3.31. The molecular weight excluding hydrogens is 338 g/mol. The SMILES string of the molecule is CCCOC(=O)Cc1cc2cnc(SC)nc2n(C2CCCC2)c1=O. The van der Waals surface area contributed by atoms with Crippen molar-refractivity contribution in [1.82, 2.24) is 14.5 Å². The summed E-state index contributed by atoms with van der Waals surface area (Å²) in [5.74, 6) is -0.363. The van der Waals surface area contributed by atoms with Gasteiger partial charge in [-0.3, -0.25) is 14.2 Å². The van der Waals surface area contributed by atoms with E-state index >= 15 is 0 Å². The number of pyridine rings is 1. The lowest BCUT2D eigenvalue weighted by Gasteiger charge is -2.18. The predicted molar refractivity (Wildman–Crippen MR) is 98.0 cm³/mol. The summed E-state index contributed by atoms with van der Waals surface area (Å²) in [4.78, 5) is 33.9. The van der Waals surface area contributed by atoms with Crippen LogP contribution in [0.5, 0.6) is 0 Å². The van der Waals surface area contributed by atoms with Gasteiger partial charge in [-0.25, -0.2) is 9.97 Å². The Morgan fingerprint density at radius 2 is 2.16 bits per heavy atom. The first kappa shape index (κ1) is 17.9. The third-order valence-corrected chi connectivity index (χ3v) is 5.06. The molecule has 25 heavy (non-hydrogen) atoms. The quantitative estimate of drug-likeness (QED) is 0.447. The van der Waals surface area contributed by atoms with Crippen molar-refractivity contribution in [3.63, 3.8) is 0 Å². The van der Waals surface area contributed by atoms with E-state index in [4.69, 9.17) is 4.74 Å². The summed E-state index contributed by atoms with van der Waals surface area (Å²) >= 11 is 1.45. The summed E-state index contributed by atoms with van der Waals surface area (Å²) in [6.45, 7) is 2.32. The Balaban J connectivity index is 2.08. The number of ether oxygens (including phenoxy) is 1. The normalized spacial score (nSPS) is 15.0. The Hall–Kier alpha value is -1.89. The maximum atomic E-state index is 13.1. The second kappa shape index (κ2) is 7.99. The first-order valence-electron chi connectivity index (χ1n) is 8.74. The van der Waals surface area contributed by atoms with Gasteiger partial charge in [-0.15, -0.1) is 0 Å². The standard InChI is InChI=1S/C18H23N3O3S/c1-3-8-24-15(22)10-12-9-13-11-19-18(25-2)20-16(13)21(17(12)23)14-6-4-5-7-14/h9,11,14H,3-8,10H2,1-2H3. The fraction of sp³-hybridized carbons (Fsp3) is 0.556. The van der Waals surface area contributed by atoms with Crippen molar-refractivity contribution < 1.29 is 9.53 Å². The Kier molecular flexibility index (Phi) is 5.73. The lowest BCUT2D eigenvalue weighted by molar-refractivity contribution is -0.142. The molecule has 2 heterocycles. The van der Waals surface area contributed by atoms with Gasteiger partial charge in [0, 0.05) is 23.2 Å². The average molecular weight is 361 g/mol. The van der Waals surface area contributed by atoms with Crippen LogP contribution in [0.4, 0.5) is 0 Å². The number of hydrogen-bond donors (Lipinski definition) is 0. The molecule has 0 N–H and O–H groups in total. The molecule has 134 valence electrons. The topological polar surface area (TPSA) is 74.1 Å². The number of rotatable bonds is 6. The molecule has 1 fully saturated rings. The second-order valence-electron chi connectivity index (χ2n) is 6.32. The molecule has 0 saturated heterocycles. The number of carbonyl (C=O) groups is 1. The van der Waals surface area contributed by atoms with Gasteiger partial charge in [-0.05, 0) is 31.6 Å². The zero-order chi connectivity index (χ0) is 17.8. The van der Waals surface area contributed by atoms with E-state index in [1.165, 1.54) is 11.8 Å². The Morgan fingerprint density at radius 1 is 1.40 bits per heavy atom. The van der Waals surface area contributed by atoms with Crippen LogP contribution in [0.3, 0.4) is 0 Å². The van der Waals surface area contributed by atoms with Gasteiger partial charge < -0.3 is 4.74 Å². The van der Waals surface area contributed by atoms with E-state index < -0.39 is 0 Å². The van der Waals surface area contributed by atoms with Crippen molar-refractivity contribution in [3.8, 4) is 0 Å². The monoisotopic (exact) mass is 361 g/mol. The first-order valence-corrected chi connectivity index (χ1v) is 9.97. The van der Waals surface area contributed by atoms with Crippen molar-refractivity contribution in [3.05, 3.63) is 28.2 Å². The number of esters is 1. The molecule has 1 saturated carbocycles. The van der Waals surface area contributed by atoms with Crippen molar-refractivity contribution in [2.75, 3.05) is 12.9 Å². The van der Waals surface area contributed by atoms with E-state index in [0.717, 1.165) is 37.5 Å². The minimum Gasteiger partial charge on any atom is -0.465 e. The van der Waals surface area contributed by atoms with Crippen molar-refractivity contribution >= 4 is 28.8 Å². The van der Waals surface area contributed by atoms with Gasteiger partial charge >= 0.3 is 5.97 Å². The van der Waals surface area contributed by atoms with Crippen LogP contribution < -0.4 is 5.56 Å². The van der Waals surface area contributed by atoms with E-state index in [0.29, 0.717) is 23.0 Å². The minimum atomic E-state index is -0.363. The molecule has 0 radical (unpaired) electrons. The first-order chi connectivity index (χ1) is 12.1. The highest BCUT2D eigenvalue weighted by atomic mass is 32.2. The summed E-state index contributed by atoms with van der Waals surface area (Å²) in [7, 11) is 0. The van der Waals surface area contributed by atoms with E-state index in [-0.39, 0.29) is 24.0 Å². The smallest absolute Gasteiger partial charge is 0.310 e. The fourth-order valence-corrected chi connectivity index (χ4v) is 3.65. The molecule has 6 nitrogen and oxygen atoms in total. The maximum absolute atomic E-state index is 13.1. The molecule has 2 aromatic heterocycles. The molecule has 0 bridgehead atoms. The highest BCUT2D eigenvalue weighted by Crippen LogP contribution is 2.30. The third kappa shape index (κ3) is 3.86. The molecule has 1 aliphatic rings. The molecule has 7 heteroatoms. The van der Waals surface area contributed by atoms with Gasteiger partial charge in [0.25, 0.3) is 5.56 Å². The van der Waals surface area contributed by atoms with Gasteiger partial charge in [0.2, 0.25) is 0 Å².